The van der Waals surface area contributed by atoms with Gasteiger partial charge in [0.15, 0.2) is 0 Å². The zero-order chi connectivity index (χ0) is 9.45. The van der Waals surface area contributed by atoms with Crippen molar-refractivity contribution in [2.24, 2.45) is 0 Å². The van der Waals surface area contributed by atoms with E-state index in [-0.39, 0.29) is 0 Å². The van der Waals surface area contributed by atoms with E-state index in [0.29, 0.717) is 0 Å². The number of hydrogen-bond acceptors (Lipinski definition) is 0. The molecular weight excluding hydrogens is 160 g/mol. The Labute approximate surface area is 77.0 Å². The summed E-state index contributed by atoms with van der Waals surface area (Å²) in [6.07, 6.45) is 5.87. The van der Waals surface area contributed by atoms with Gasteiger partial charge in [0.25, 0.3) is 0 Å². The molecule has 0 aliphatic heterocycles. The Morgan fingerprint density at radius 1 is 0.917 bits per heavy atom. The molecule has 0 saturated heterocycles. The van der Waals surface area contributed by atoms with Gasteiger partial charge in [-0.05, 0) is 18.1 Å². The highest BCUT2D eigenvalue weighted by Gasteiger charge is 2.24. The highest BCUT2D eigenvalue weighted by molar-refractivity contribution is 6.83. The first kappa shape index (κ1) is 11.2. The summed E-state index contributed by atoms with van der Waals surface area (Å²) in [6.45, 7) is 15.1. The molecule has 0 atom stereocenters. The summed E-state index contributed by atoms with van der Waals surface area (Å²) in [5, 5.41) is 0. The highest BCUT2D eigenvalue weighted by atomic mass is 28.3. The summed E-state index contributed by atoms with van der Waals surface area (Å²) >= 11 is 0. The summed E-state index contributed by atoms with van der Waals surface area (Å²) in [4.78, 5) is 0. The van der Waals surface area contributed by atoms with Crippen LogP contribution in [0.25, 0.3) is 0 Å². The lowest BCUT2D eigenvalue weighted by Gasteiger charge is -2.22. The first-order valence-corrected chi connectivity index (χ1v) is 6.74. The molecule has 0 aromatic rings. The molecule has 0 saturated carbocycles. The van der Waals surface area contributed by atoms with Crippen molar-refractivity contribution in [3.05, 3.63) is 50.2 Å². The fourth-order valence-corrected chi connectivity index (χ4v) is 3.89. The van der Waals surface area contributed by atoms with E-state index in [2.05, 4.69) is 32.0 Å². The van der Waals surface area contributed by atoms with Crippen molar-refractivity contribution in [1.82, 2.24) is 0 Å². The summed E-state index contributed by atoms with van der Waals surface area (Å²) in [7, 11) is -1.48. The van der Waals surface area contributed by atoms with Gasteiger partial charge in [-0.3, -0.25) is 0 Å². The molecule has 1 heteroatoms. The lowest BCUT2D eigenvalue weighted by Crippen LogP contribution is -2.29. The zero-order valence-electron chi connectivity index (χ0n) is 7.68. The monoisotopic (exact) mass is 177 g/mol. The lowest BCUT2D eigenvalue weighted by atomic mass is 10.7. The molecule has 0 heterocycles. The van der Waals surface area contributed by atoms with E-state index in [1.165, 1.54) is 0 Å². The first-order chi connectivity index (χ1) is 5.74. The second kappa shape index (κ2) is 5.78. The third-order valence-corrected chi connectivity index (χ3v) is 5.94. The zero-order valence-corrected chi connectivity index (χ0v) is 8.68. The van der Waals surface area contributed by atoms with Crippen LogP contribution in [0.15, 0.2) is 44.5 Å². The fourth-order valence-electron chi connectivity index (χ4n) is 1.30. The minimum atomic E-state index is -1.48. The van der Waals surface area contributed by atoms with Crippen LogP contribution in [-0.4, -0.2) is 8.07 Å². The maximum atomic E-state index is 3.78. The lowest BCUT2D eigenvalue weighted by molar-refractivity contribution is 1.37. The van der Waals surface area contributed by atoms with Crippen LogP contribution in [0.1, 0.15) is 0 Å². The summed E-state index contributed by atoms with van der Waals surface area (Å²) in [5.74, 6) is 0. The predicted octanol–water partition coefficient (Wildman–Crippen LogP) is 3.52. The van der Waals surface area contributed by atoms with Crippen LogP contribution >= 0.6 is 0 Å². The third-order valence-electron chi connectivity index (χ3n) is 1.98. The van der Waals surface area contributed by atoms with Crippen LogP contribution in [0.2, 0.25) is 18.1 Å². The smallest absolute Gasteiger partial charge is 0.0967 e. The van der Waals surface area contributed by atoms with Crippen molar-refractivity contribution in [3.63, 3.8) is 0 Å². The van der Waals surface area contributed by atoms with Crippen molar-refractivity contribution in [3.8, 4) is 0 Å². The molecular formula is C11H17Si. The van der Waals surface area contributed by atoms with E-state index in [0.717, 1.165) is 18.1 Å². The van der Waals surface area contributed by atoms with Gasteiger partial charge in [-0.25, -0.2) is 0 Å². The Hall–Kier alpha value is -0.823. The summed E-state index contributed by atoms with van der Waals surface area (Å²) < 4.78 is 0. The second-order valence-electron chi connectivity index (χ2n) is 2.94. The van der Waals surface area contributed by atoms with Gasteiger partial charge in [0.2, 0.25) is 0 Å². The average molecular weight is 177 g/mol. The van der Waals surface area contributed by atoms with Crippen molar-refractivity contribution < 1.29 is 0 Å². The molecule has 0 nitrogen and oxygen atoms in total. The molecule has 0 aliphatic rings. The quantitative estimate of drug-likeness (QED) is 0.412. The van der Waals surface area contributed by atoms with Gasteiger partial charge in [0.05, 0.1) is 8.07 Å². The Bertz CT molecular complexity index is 153. The molecule has 0 N–H and O–H groups in total. The van der Waals surface area contributed by atoms with E-state index in [4.69, 9.17) is 0 Å². The molecule has 1 radical (unpaired) electrons. The first-order valence-electron chi connectivity index (χ1n) is 4.11. The van der Waals surface area contributed by atoms with Gasteiger partial charge in [0.1, 0.15) is 0 Å². The van der Waals surface area contributed by atoms with Crippen molar-refractivity contribution in [1.29, 1.82) is 0 Å². The number of allylic oxidation sites excluding steroid dienone is 3. The van der Waals surface area contributed by atoms with Gasteiger partial charge in [-0.1, -0.05) is 30.5 Å². The second-order valence-corrected chi connectivity index (χ2v) is 7.07. The standard InChI is InChI=1S/C11H17Si/c1-5-9-12(8-4,10-6-2)11-7-3/h5-7H,1-4,9-11H2. The van der Waals surface area contributed by atoms with Crippen LogP contribution in [-0.2, 0) is 0 Å². The van der Waals surface area contributed by atoms with E-state index >= 15 is 0 Å². The van der Waals surface area contributed by atoms with Gasteiger partial charge in [-0.2, -0.15) is 0 Å². The van der Waals surface area contributed by atoms with Gasteiger partial charge in [-0.15, -0.1) is 19.7 Å². The van der Waals surface area contributed by atoms with Crippen LogP contribution in [0.4, 0.5) is 0 Å². The number of hydrogen-bond donors (Lipinski definition) is 0. The minimum absolute atomic E-state index is 1.02. The Morgan fingerprint density at radius 3 is 1.42 bits per heavy atom. The topological polar surface area (TPSA) is 0 Å². The fraction of sp³-hybridized carbons (Fsp3) is 0.273. The molecule has 12 heavy (non-hydrogen) atoms. The van der Waals surface area contributed by atoms with E-state index in [9.17, 15) is 0 Å². The van der Waals surface area contributed by atoms with Gasteiger partial charge < -0.3 is 0 Å². The van der Waals surface area contributed by atoms with Crippen molar-refractivity contribution in [2.45, 2.75) is 18.1 Å². The van der Waals surface area contributed by atoms with E-state index < -0.39 is 8.07 Å². The minimum Gasteiger partial charge on any atom is -0.103 e. The number of rotatable bonds is 7. The molecule has 65 valence electrons. The maximum absolute atomic E-state index is 3.78. The van der Waals surface area contributed by atoms with Gasteiger partial charge in [0, 0.05) is 0 Å². The molecule has 0 fully saturated rings. The Morgan fingerprint density at radius 2 is 1.25 bits per heavy atom. The van der Waals surface area contributed by atoms with Crippen LogP contribution in [0.3, 0.4) is 0 Å². The normalized spacial score (nSPS) is 10.3. The molecule has 0 amide bonds. The van der Waals surface area contributed by atoms with Crippen LogP contribution < -0.4 is 0 Å². The van der Waals surface area contributed by atoms with Crippen LogP contribution in [0.5, 0.6) is 0 Å². The molecule has 0 aliphatic carbocycles. The predicted molar refractivity (Wildman–Crippen MR) is 59.6 cm³/mol. The highest BCUT2D eigenvalue weighted by Crippen LogP contribution is 2.22. The largest absolute Gasteiger partial charge is 0.103 e. The molecule has 0 unspecified atom stereocenters. The van der Waals surface area contributed by atoms with E-state index in [1.54, 1.807) is 0 Å². The molecule has 0 bridgehead atoms. The van der Waals surface area contributed by atoms with E-state index in [1.807, 2.05) is 18.2 Å². The third kappa shape index (κ3) is 3.05. The summed E-state index contributed by atoms with van der Waals surface area (Å²) in [5.41, 5.74) is 3.19. The summed E-state index contributed by atoms with van der Waals surface area (Å²) in [6, 6.07) is 3.07. The van der Waals surface area contributed by atoms with Crippen molar-refractivity contribution in [2.75, 3.05) is 0 Å². The van der Waals surface area contributed by atoms with Crippen LogP contribution in [0, 0.1) is 5.70 Å². The average Bonchev–Trinajstić information content (AvgIpc) is 2.06. The molecule has 0 aromatic carbocycles. The Balaban J connectivity index is 4.45. The Kier molecular flexibility index (Phi) is 5.38. The maximum Gasteiger partial charge on any atom is 0.0967 e. The molecule has 0 spiro atoms. The van der Waals surface area contributed by atoms with Crippen molar-refractivity contribution >= 4 is 8.07 Å². The molecule has 0 aromatic heterocycles. The SMILES string of the molecule is C=[C][Si](CC=C)(CC=C)CC=C. The van der Waals surface area contributed by atoms with Gasteiger partial charge >= 0.3 is 0 Å². The molecule has 0 rings (SSSR count).